The van der Waals surface area contributed by atoms with E-state index >= 15 is 0 Å². The summed E-state index contributed by atoms with van der Waals surface area (Å²) >= 11 is 13.7. The highest BCUT2D eigenvalue weighted by molar-refractivity contribution is 7.14. The summed E-state index contributed by atoms with van der Waals surface area (Å²) in [5.74, 6) is 0.815. The quantitative estimate of drug-likeness (QED) is 0.226. The van der Waals surface area contributed by atoms with Gasteiger partial charge < -0.3 is 4.74 Å². The van der Waals surface area contributed by atoms with Crippen molar-refractivity contribution < 1.29 is 4.74 Å². The van der Waals surface area contributed by atoms with E-state index < -0.39 is 0 Å². The van der Waals surface area contributed by atoms with E-state index in [-0.39, 0.29) is 0 Å². The maximum Gasteiger partial charge on any atom is 0.203 e. The summed E-state index contributed by atoms with van der Waals surface area (Å²) in [5.41, 5.74) is 7.90. The molecule has 0 unspecified atom stereocenters. The molecule has 7 heteroatoms. The molecule has 0 amide bonds. The van der Waals surface area contributed by atoms with Gasteiger partial charge in [-0.1, -0.05) is 53.0 Å². The number of nitrogens with one attached hydrogen (secondary N) is 1. The number of rotatable bonds is 7. The van der Waals surface area contributed by atoms with Gasteiger partial charge in [0.15, 0.2) is 0 Å². The van der Waals surface area contributed by atoms with Crippen molar-refractivity contribution in [3.8, 4) is 17.0 Å². The normalized spacial score (nSPS) is 11.1. The number of thiazole rings is 1. The van der Waals surface area contributed by atoms with Gasteiger partial charge in [0.2, 0.25) is 5.13 Å². The molecule has 1 aromatic heterocycles. The smallest absolute Gasteiger partial charge is 0.203 e. The van der Waals surface area contributed by atoms with Gasteiger partial charge in [0.05, 0.1) is 16.9 Å². The van der Waals surface area contributed by atoms with E-state index in [1.807, 2.05) is 35.7 Å². The minimum Gasteiger partial charge on any atom is -0.489 e. The predicted molar refractivity (Wildman–Crippen MR) is 131 cm³/mol. The zero-order valence-corrected chi connectivity index (χ0v) is 19.0. The molecule has 0 spiro atoms. The lowest BCUT2D eigenvalue weighted by Crippen LogP contribution is -1.95. The van der Waals surface area contributed by atoms with Gasteiger partial charge in [0.25, 0.3) is 0 Å². The first-order chi connectivity index (χ1) is 15.1. The number of anilines is 1. The molecular formula is C24H19Cl2N3OS. The van der Waals surface area contributed by atoms with Gasteiger partial charge in [-0.15, -0.1) is 11.3 Å². The van der Waals surface area contributed by atoms with Crippen molar-refractivity contribution in [1.82, 2.24) is 4.98 Å². The summed E-state index contributed by atoms with van der Waals surface area (Å²) in [6.45, 7) is 2.61. The van der Waals surface area contributed by atoms with Crippen molar-refractivity contribution in [2.75, 3.05) is 5.43 Å². The molecule has 0 aliphatic rings. The Labute approximate surface area is 195 Å². The highest BCUT2D eigenvalue weighted by Crippen LogP contribution is 2.32. The van der Waals surface area contributed by atoms with E-state index in [0.29, 0.717) is 21.8 Å². The van der Waals surface area contributed by atoms with Crippen LogP contribution < -0.4 is 10.2 Å². The molecule has 4 rings (SSSR count). The summed E-state index contributed by atoms with van der Waals surface area (Å²) in [6.07, 6.45) is 1.74. The van der Waals surface area contributed by atoms with E-state index in [4.69, 9.17) is 27.9 Å². The minimum absolute atomic E-state index is 0.541. The molecular weight excluding hydrogens is 449 g/mol. The number of benzene rings is 3. The van der Waals surface area contributed by atoms with Crippen molar-refractivity contribution in [2.24, 2.45) is 5.10 Å². The number of aromatic nitrogens is 1. The van der Waals surface area contributed by atoms with Crippen molar-refractivity contribution in [3.63, 3.8) is 0 Å². The van der Waals surface area contributed by atoms with Gasteiger partial charge in [0, 0.05) is 16.0 Å². The molecule has 0 aliphatic carbocycles. The Morgan fingerprint density at radius 2 is 1.81 bits per heavy atom. The predicted octanol–water partition coefficient (Wildman–Crippen LogP) is 7.45. The highest BCUT2D eigenvalue weighted by Gasteiger charge is 2.08. The third-order valence-corrected chi connectivity index (χ3v) is 5.79. The molecule has 0 bridgehead atoms. The van der Waals surface area contributed by atoms with Crippen LogP contribution in [0.2, 0.25) is 10.0 Å². The molecule has 0 atom stereocenters. The van der Waals surface area contributed by atoms with Crippen molar-refractivity contribution in [3.05, 3.63) is 98.8 Å². The Bertz CT molecular complexity index is 1190. The number of halogens is 2. The van der Waals surface area contributed by atoms with Gasteiger partial charge >= 0.3 is 0 Å². The van der Waals surface area contributed by atoms with Crippen LogP contribution in [0.5, 0.6) is 5.75 Å². The van der Waals surface area contributed by atoms with E-state index in [0.717, 1.165) is 28.1 Å². The van der Waals surface area contributed by atoms with Crippen LogP contribution in [0.4, 0.5) is 5.13 Å². The lowest BCUT2D eigenvalue weighted by atomic mass is 10.2. The van der Waals surface area contributed by atoms with Gasteiger partial charge in [-0.25, -0.2) is 4.98 Å². The topological polar surface area (TPSA) is 46.5 Å². The average Bonchev–Trinajstić information content (AvgIpc) is 3.23. The summed E-state index contributed by atoms with van der Waals surface area (Å²) in [4.78, 5) is 4.52. The Morgan fingerprint density at radius 3 is 2.55 bits per heavy atom. The number of ether oxygens (including phenoxy) is 1. The Morgan fingerprint density at radius 1 is 1.03 bits per heavy atom. The Kier molecular flexibility index (Phi) is 6.87. The number of nitrogens with zero attached hydrogens (tertiary/aromatic N) is 2. The number of aryl methyl sites for hydroxylation is 1. The lowest BCUT2D eigenvalue weighted by molar-refractivity contribution is 0.306. The van der Waals surface area contributed by atoms with E-state index in [1.165, 1.54) is 16.9 Å². The number of hydrazone groups is 1. The summed E-state index contributed by atoms with van der Waals surface area (Å²) < 4.78 is 5.83. The Balaban J connectivity index is 1.32. The standard InChI is InChI=1S/C24H19Cl2N3OS/c1-16-2-4-18(5-3-16)14-30-20-9-6-17(7-10-20)13-27-29-24-28-23(15-31-24)21-11-8-19(25)12-22(21)26/h2-13,15H,14H2,1H3,(H,28,29)/b27-13-. The maximum atomic E-state index is 6.25. The highest BCUT2D eigenvalue weighted by atomic mass is 35.5. The minimum atomic E-state index is 0.541. The van der Waals surface area contributed by atoms with E-state index in [9.17, 15) is 0 Å². The second-order valence-corrected chi connectivity index (χ2v) is 8.58. The van der Waals surface area contributed by atoms with Crippen LogP contribution in [0.3, 0.4) is 0 Å². The second-order valence-electron chi connectivity index (χ2n) is 6.88. The monoisotopic (exact) mass is 467 g/mol. The SMILES string of the molecule is Cc1ccc(COc2ccc(/C=N\Nc3nc(-c4ccc(Cl)cc4Cl)cs3)cc2)cc1. The van der Waals surface area contributed by atoms with Crippen LogP contribution in [0, 0.1) is 6.92 Å². The van der Waals surface area contributed by atoms with Gasteiger partial charge in [0.1, 0.15) is 12.4 Å². The number of hydrogen-bond donors (Lipinski definition) is 1. The average molecular weight is 468 g/mol. The fourth-order valence-electron chi connectivity index (χ4n) is 2.81. The zero-order chi connectivity index (χ0) is 21.6. The molecule has 0 radical (unpaired) electrons. The maximum absolute atomic E-state index is 6.25. The van der Waals surface area contributed by atoms with Gasteiger partial charge in [-0.3, -0.25) is 5.43 Å². The molecule has 1 N–H and O–H groups in total. The first kappa shape index (κ1) is 21.4. The number of hydrogen-bond acceptors (Lipinski definition) is 5. The lowest BCUT2D eigenvalue weighted by Gasteiger charge is -2.06. The first-order valence-electron chi connectivity index (χ1n) is 9.55. The fraction of sp³-hybridized carbons (Fsp3) is 0.0833. The third kappa shape index (κ3) is 5.85. The molecule has 0 fully saturated rings. The molecule has 156 valence electrons. The third-order valence-electron chi connectivity index (χ3n) is 4.49. The molecule has 0 saturated carbocycles. The second kappa shape index (κ2) is 9.96. The zero-order valence-electron chi connectivity index (χ0n) is 16.7. The summed E-state index contributed by atoms with van der Waals surface area (Å²) in [7, 11) is 0. The molecule has 31 heavy (non-hydrogen) atoms. The van der Waals surface area contributed by atoms with Crippen molar-refractivity contribution >= 4 is 45.9 Å². The van der Waals surface area contributed by atoms with Crippen LogP contribution in [-0.2, 0) is 6.61 Å². The largest absolute Gasteiger partial charge is 0.489 e. The van der Waals surface area contributed by atoms with Crippen LogP contribution in [-0.4, -0.2) is 11.2 Å². The van der Waals surface area contributed by atoms with Crippen LogP contribution in [0.25, 0.3) is 11.3 Å². The molecule has 3 aromatic carbocycles. The molecule has 4 nitrogen and oxygen atoms in total. The van der Waals surface area contributed by atoms with E-state index in [1.54, 1.807) is 18.3 Å². The van der Waals surface area contributed by atoms with Crippen molar-refractivity contribution in [2.45, 2.75) is 13.5 Å². The molecule has 0 aliphatic heterocycles. The molecule has 4 aromatic rings. The van der Waals surface area contributed by atoms with Crippen LogP contribution in [0.15, 0.2) is 77.2 Å². The first-order valence-corrected chi connectivity index (χ1v) is 11.2. The van der Waals surface area contributed by atoms with Gasteiger partial charge in [-0.05, 0) is 60.5 Å². The van der Waals surface area contributed by atoms with Crippen LogP contribution in [0.1, 0.15) is 16.7 Å². The van der Waals surface area contributed by atoms with Crippen molar-refractivity contribution in [1.29, 1.82) is 0 Å². The molecule has 0 saturated heterocycles. The fourth-order valence-corrected chi connectivity index (χ4v) is 3.97. The Hall–Kier alpha value is -2.86. The van der Waals surface area contributed by atoms with Crippen LogP contribution >= 0.6 is 34.5 Å². The van der Waals surface area contributed by atoms with E-state index in [2.05, 4.69) is 46.7 Å². The molecule has 1 heterocycles. The summed E-state index contributed by atoms with van der Waals surface area (Å²) in [6, 6.07) is 21.4. The summed E-state index contributed by atoms with van der Waals surface area (Å²) in [5, 5.41) is 8.03. The van der Waals surface area contributed by atoms with Gasteiger partial charge in [-0.2, -0.15) is 5.10 Å².